The summed E-state index contributed by atoms with van der Waals surface area (Å²) >= 11 is 0. The molecule has 1 amide bonds. The van der Waals surface area contributed by atoms with Gasteiger partial charge in [-0.2, -0.15) is 5.10 Å². The van der Waals surface area contributed by atoms with E-state index in [2.05, 4.69) is 29.1 Å². The van der Waals surface area contributed by atoms with E-state index < -0.39 is 0 Å². The first-order chi connectivity index (χ1) is 12.0. The molecule has 6 heteroatoms. The van der Waals surface area contributed by atoms with E-state index in [-0.39, 0.29) is 11.9 Å². The summed E-state index contributed by atoms with van der Waals surface area (Å²) in [5.41, 5.74) is 3.57. The third kappa shape index (κ3) is 3.69. The van der Waals surface area contributed by atoms with E-state index in [0.717, 1.165) is 37.5 Å². The van der Waals surface area contributed by atoms with Crippen molar-refractivity contribution >= 4 is 5.91 Å². The van der Waals surface area contributed by atoms with E-state index >= 15 is 0 Å². The smallest absolute Gasteiger partial charge is 0.220 e. The highest BCUT2D eigenvalue weighted by molar-refractivity contribution is 5.74. The summed E-state index contributed by atoms with van der Waals surface area (Å²) < 4.78 is 7.15. The van der Waals surface area contributed by atoms with Crippen molar-refractivity contribution < 1.29 is 9.53 Å². The van der Waals surface area contributed by atoms with E-state index in [1.807, 2.05) is 35.0 Å². The number of methoxy groups -OCH3 is 1. The summed E-state index contributed by atoms with van der Waals surface area (Å²) in [5, 5.41) is 4.33. The van der Waals surface area contributed by atoms with Crippen LogP contribution in [0.2, 0.25) is 0 Å². The summed E-state index contributed by atoms with van der Waals surface area (Å²) in [6, 6.07) is 8.08. The molecule has 0 saturated carbocycles. The Balaban J connectivity index is 1.79. The molecule has 2 heterocycles. The lowest BCUT2D eigenvalue weighted by atomic mass is 10.0. The molecule has 1 aliphatic heterocycles. The summed E-state index contributed by atoms with van der Waals surface area (Å²) in [7, 11) is 3.63. The number of carbonyl (C=O) groups is 1. The Kier molecular flexibility index (Phi) is 5.08. The number of carbonyl (C=O) groups excluding carboxylic acids is 1. The van der Waals surface area contributed by atoms with Crippen LogP contribution in [-0.2, 0) is 18.4 Å². The van der Waals surface area contributed by atoms with E-state index in [1.54, 1.807) is 14.0 Å². The van der Waals surface area contributed by atoms with Gasteiger partial charge in [0.15, 0.2) is 0 Å². The molecule has 0 aliphatic carbocycles. The van der Waals surface area contributed by atoms with E-state index in [9.17, 15) is 4.79 Å². The van der Waals surface area contributed by atoms with Crippen molar-refractivity contribution in [1.29, 1.82) is 0 Å². The van der Waals surface area contributed by atoms with Gasteiger partial charge in [0.25, 0.3) is 0 Å². The van der Waals surface area contributed by atoms with Crippen LogP contribution < -0.4 is 4.74 Å². The van der Waals surface area contributed by atoms with Gasteiger partial charge in [0.2, 0.25) is 5.91 Å². The number of piperazine rings is 1. The predicted molar refractivity (Wildman–Crippen MR) is 96.3 cm³/mol. The van der Waals surface area contributed by atoms with Crippen LogP contribution in [0.1, 0.15) is 29.8 Å². The Bertz CT molecular complexity index is 738. The molecule has 1 atom stereocenters. The Hall–Kier alpha value is -2.34. The topological polar surface area (TPSA) is 50.6 Å². The van der Waals surface area contributed by atoms with Crippen molar-refractivity contribution in [2.75, 3.05) is 26.7 Å². The van der Waals surface area contributed by atoms with Crippen LogP contribution in [0.3, 0.4) is 0 Å². The van der Waals surface area contributed by atoms with Gasteiger partial charge < -0.3 is 9.64 Å². The lowest BCUT2D eigenvalue weighted by molar-refractivity contribution is -0.134. The minimum Gasteiger partial charge on any atom is -0.497 e. The fourth-order valence-electron chi connectivity index (χ4n) is 3.41. The molecular weight excluding hydrogens is 316 g/mol. The Morgan fingerprint density at radius 1 is 1.28 bits per heavy atom. The number of hydrogen-bond acceptors (Lipinski definition) is 4. The van der Waals surface area contributed by atoms with Crippen molar-refractivity contribution in [3.63, 3.8) is 0 Å². The average Bonchev–Trinajstić information content (AvgIpc) is 2.93. The Morgan fingerprint density at radius 3 is 2.56 bits per heavy atom. The van der Waals surface area contributed by atoms with Gasteiger partial charge in [0.1, 0.15) is 5.75 Å². The number of rotatable bonds is 4. The molecule has 1 aromatic heterocycles. The lowest BCUT2D eigenvalue weighted by Crippen LogP contribution is -2.49. The molecule has 0 spiro atoms. The highest BCUT2D eigenvalue weighted by Gasteiger charge is 2.30. The molecule has 0 radical (unpaired) electrons. The summed E-state index contributed by atoms with van der Waals surface area (Å²) in [4.78, 5) is 16.5. The van der Waals surface area contributed by atoms with Gasteiger partial charge in [0.05, 0.1) is 19.3 Å². The molecule has 0 bridgehead atoms. The van der Waals surface area contributed by atoms with Crippen LogP contribution in [0, 0.1) is 6.92 Å². The molecule has 1 saturated heterocycles. The van der Waals surface area contributed by atoms with Crippen molar-refractivity contribution in [2.24, 2.45) is 7.05 Å². The van der Waals surface area contributed by atoms with Crippen LogP contribution in [0.15, 0.2) is 30.5 Å². The van der Waals surface area contributed by atoms with Gasteiger partial charge in [-0.15, -0.1) is 0 Å². The SMILES string of the molecule is COc1ccc(C2CN(Cc3cnn(C)c3C)CCN2C(C)=O)cc1. The maximum absolute atomic E-state index is 12.1. The maximum Gasteiger partial charge on any atom is 0.220 e. The molecule has 2 aromatic rings. The number of amides is 1. The van der Waals surface area contributed by atoms with Crippen LogP contribution >= 0.6 is 0 Å². The molecule has 1 unspecified atom stereocenters. The van der Waals surface area contributed by atoms with Crippen LogP contribution in [-0.4, -0.2) is 52.2 Å². The standard InChI is InChI=1S/C19H26N4O2/c1-14-17(11-20-21(14)3)12-22-9-10-23(15(2)24)19(13-22)16-5-7-18(25-4)8-6-16/h5-8,11,19H,9-10,12-13H2,1-4H3. The molecule has 1 aromatic carbocycles. The molecule has 134 valence electrons. The third-order valence-corrected chi connectivity index (χ3v) is 5.10. The number of nitrogens with zero attached hydrogens (tertiary/aromatic N) is 4. The van der Waals surface area contributed by atoms with Crippen LogP contribution in [0.25, 0.3) is 0 Å². The van der Waals surface area contributed by atoms with Gasteiger partial charge in [-0.1, -0.05) is 12.1 Å². The molecule has 25 heavy (non-hydrogen) atoms. The van der Waals surface area contributed by atoms with E-state index in [1.165, 1.54) is 11.3 Å². The first kappa shape index (κ1) is 17.5. The second-order valence-corrected chi connectivity index (χ2v) is 6.62. The van der Waals surface area contributed by atoms with Crippen molar-refractivity contribution in [1.82, 2.24) is 19.6 Å². The maximum atomic E-state index is 12.1. The van der Waals surface area contributed by atoms with Crippen molar-refractivity contribution in [3.05, 3.63) is 47.3 Å². The van der Waals surface area contributed by atoms with Gasteiger partial charge in [-0.3, -0.25) is 14.4 Å². The van der Waals surface area contributed by atoms with Crippen molar-refractivity contribution in [3.8, 4) is 5.75 Å². The lowest BCUT2D eigenvalue weighted by Gasteiger charge is -2.41. The number of benzene rings is 1. The zero-order chi connectivity index (χ0) is 18.0. The second kappa shape index (κ2) is 7.27. The molecule has 3 rings (SSSR count). The number of aromatic nitrogens is 2. The highest BCUT2D eigenvalue weighted by atomic mass is 16.5. The van der Waals surface area contributed by atoms with Gasteiger partial charge in [-0.25, -0.2) is 0 Å². The number of hydrogen-bond donors (Lipinski definition) is 0. The molecule has 6 nitrogen and oxygen atoms in total. The molecule has 1 fully saturated rings. The fourth-order valence-corrected chi connectivity index (χ4v) is 3.41. The average molecular weight is 342 g/mol. The zero-order valence-corrected chi connectivity index (χ0v) is 15.4. The van der Waals surface area contributed by atoms with Crippen LogP contribution in [0.5, 0.6) is 5.75 Å². The first-order valence-corrected chi connectivity index (χ1v) is 8.60. The highest BCUT2D eigenvalue weighted by Crippen LogP contribution is 2.28. The quantitative estimate of drug-likeness (QED) is 0.854. The number of aryl methyl sites for hydroxylation is 1. The van der Waals surface area contributed by atoms with Gasteiger partial charge in [-0.05, 0) is 24.6 Å². The van der Waals surface area contributed by atoms with Gasteiger partial charge >= 0.3 is 0 Å². The summed E-state index contributed by atoms with van der Waals surface area (Å²) in [6.07, 6.45) is 1.94. The summed E-state index contributed by atoms with van der Waals surface area (Å²) in [5.74, 6) is 0.954. The molecule has 1 aliphatic rings. The zero-order valence-electron chi connectivity index (χ0n) is 15.4. The fraction of sp³-hybridized carbons (Fsp3) is 0.474. The van der Waals surface area contributed by atoms with Gasteiger partial charge in [0, 0.05) is 51.4 Å². The first-order valence-electron chi connectivity index (χ1n) is 8.60. The van der Waals surface area contributed by atoms with Crippen molar-refractivity contribution in [2.45, 2.75) is 26.4 Å². The minimum atomic E-state index is 0.0640. The Morgan fingerprint density at radius 2 is 2.00 bits per heavy atom. The second-order valence-electron chi connectivity index (χ2n) is 6.62. The predicted octanol–water partition coefficient (Wildman–Crippen LogP) is 2.14. The molecule has 0 N–H and O–H groups in total. The summed E-state index contributed by atoms with van der Waals surface area (Å²) in [6.45, 7) is 7.04. The van der Waals surface area contributed by atoms with E-state index in [0.29, 0.717) is 0 Å². The van der Waals surface area contributed by atoms with E-state index in [4.69, 9.17) is 4.74 Å². The van der Waals surface area contributed by atoms with Crippen LogP contribution in [0.4, 0.5) is 0 Å². The third-order valence-electron chi connectivity index (χ3n) is 5.10. The Labute approximate surface area is 149 Å². The normalized spacial score (nSPS) is 18.4. The monoisotopic (exact) mass is 342 g/mol. The molecular formula is C19H26N4O2. The minimum absolute atomic E-state index is 0.0640. The largest absolute Gasteiger partial charge is 0.497 e. The number of ether oxygens (including phenoxy) is 1.